The van der Waals surface area contributed by atoms with E-state index in [1.165, 1.54) is 11.3 Å². The molecule has 0 unspecified atom stereocenters. The molecule has 1 aromatic carbocycles. The number of hydrazine groups is 1. The van der Waals surface area contributed by atoms with Gasteiger partial charge in [-0.1, -0.05) is 12.1 Å². The molecule has 0 radical (unpaired) electrons. The molecule has 16 heavy (non-hydrogen) atoms. The van der Waals surface area contributed by atoms with E-state index in [4.69, 9.17) is 10.6 Å². The van der Waals surface area contributed by atoms with Crippen molar-refractivity contribution in [2.24, 2.45) is 5.84 Å². The van der Waals surface area contributed by atoms with E-state index in [9.17, 15) is 0 Å². The molecule has 1 aliphatic heterocycles. The second-order valence-electron chi connectivity index (χ2n) is 4.08. The van der Waals surface area contributed by atoms with Gasteiger partial charge in [0.25, 0.3) is 0 Å². The SMILES string of the molecule is C[C@@H](NN)c1ccc(N2CCOCC2)cc1. The molecule has 2 rings (SSSR count). The molecule has 0 aliphatic carbocycles. The van der Waals surface area contributed by atoms with Crippen molar-refractivity contribution in [2.75, 3.05) is 31.2 Å². The largest absolute Gasteiger partial charge is 0.378 e. The van der Waals surface area contributed by atoms with Gasteiger partial charge in [0.05, 0.1) is 13.2 Å². The van der Waals surface area contributed by atoms with E-state index in [0.29, 0.717) is 0 Å². The third-order valence-electron chi connectivity index (χ3n) is 3.02. The van der Waals surface area contributed by atoms with E-state index in [0.717, 1.165) is 26.3 Å². The number of rotatable bonds is 3. The van der Waals surface area contributed by atoms with Crippen molar-refractivity contribution in [3.63, 3.8) is 0 Å². The van der Waals surface area contributed by atoms with Gasteiger partial charge in [-0.3, -0.25) is 11.3 Å². The summed E-state index contributed by atoms with van der Waals surface area (Å²) in [5, 5.41) is 0. The summed E-state index contributed by atoms with van der Waals surface area (Å²) in [7, 11) is 0. The highest BCUT2D eigenvalue weighted by atomic mass is 16.5. The van der Waals surface area contributed by atoms with Crippen molar-refractivity contribution < 1.29 is 4.74 Å². The topological polar surface area (TPSA) is 50.5 Å². The first kappa shape index (κ1) is 11.4. The van der Waals surface area contributed by atoms with Crippen LogP contribution in [0.15, 0.2) is 24.3 Å². The molecule has 1 fully saturated rings. The molecule has 0 spiro atoms. The van der Waals surface area contributed by atoms with Gasteiger partial charge in [-0.25, -0.2) is 0 Å². The van der Waals surface area contributed by atoms with E-state index in [1.54, 1.807) is 0 Å². The van der Waals surface area contributed by atoms with E-state index in [1.807, 2.05) is 6.92 Å². The van der Waals surface area contributed by atoms with Crippen molar-refractivity contribution >= 4 is 5.69 Å². The van der Waals surface area contributed by atoms with Crippen molar-refractivity contribution in [2.45, 2.75) is 13.0 Å². The number of anilines is 1. The van der Waals surface area contributed by atoms with Gasteiger partial charge in [0.2, 0.25) is 0 Å². The molecule has 0 amide bonds. The summed E-state index contributed by atoms with van der Waals surface area (Å²) in [6.45, 7) is 5.64. The number of ether oxygens (including phenoxy) is 1. The Kier molecular flexibility index (Phi) is 3.77. The van der Waals surface area contributed by atoms with Crippen LogP contribution in [0.4, 0.5) is 5.69 Å². The molecular weight excluding hydrogens is 202 g/mol. The van der Waals surface area contributed by atoms with Crippen molar-refractivity contribution in [3.05, 3.63) is 29.8 Å². The third-order valence-corrected chi connectivity index (χ3v) is 3.02. The van der Waals surface area contributed by atoms with Gasteiger partial charge < -0.3 is 9.64 Å². The zero-order valence-electron chi connectivity index (χ0n) is 9.65. The Bertz CT molecular complexity index is 320. The van der Waals surface area contributed by atoms with Crippen LogP contribution in [-0.4, -0.2) is 26.3 Å². The van der Waals surface area contributed by atoms with Gasteiger partial charge in [0.1, 0.15) is 0 Å². The zero-order chi connectivity index (χ0) is 11.4. The Morgan fingerprint density at radius 3 is 2.44 bits per heavy atom. The fourth-order valence-electron chi connectivity index (χ4n) is 1.89. The number of nitrogens with zero attached hydrogens (tertiary/aromatic N) is 1. The Balaban J connectivity index is 2.06. The number of morpholine rings is 1. The number of hydrogen-bond donors (Lipinski definition) is 2. The molecule has 0 bridgehead atoms. The summed E-state index contributed by atoms with van der Waals surface area (Å²) in [4.78, 5) is 2.34. The van der Waals surface area contributed by atoms with E-state index in [-0.39, 0.29) is 6.04 Å². The summed E-state index contributed by atoms with van der Waals surface area (Å²) in [6, 6.07) is 8.73. The normalized spacial score (nSPS) is 18.5. The van der Waals surface area contributed by atoms with Crippen LogP contribution in [0.3, 0.4) is 0 Å². The fourth-order valence-corrected chi connectivity index (χ4v) is 1.89. The molecule has 1 atom stereocenters. The average molecular weight is 221 g/mol. The molecule has 4 heteroatoms. The van der Waals surface area contributed by atoms with E-state index >= 15 is 0 Å². The second-order valence-corrected chi connectivity index (χ2v) is 4.08. The van der Waals surface area contributed by atoms with Crippen LogP contribution in [0.25, 0.3) is 0 Å². The molecule has 0 saturated carbocycles. The van der Waals surface area contributed by atoms with Crippen LogP contribution in [0.2, 0.25) is 0 Å². The predicted molar refractivity (Wildman–Crippen MR) is 65.2 cm³/mol. The second kappa shape index (κ2) is 5.30. The quantitative estimate of drug-likeness (QED) is 0.591. The lowest BCUT2D eigenvalue weighted by Gasteiger charge is -2.29. The number of nitrogens with one attached hydrogen (secondary N) is 1. The van der Waals surface area contributed by atoms with Gasteiger partial charge in [0.15, 0.2) is 0 Å². The highest BCUT2D eigenvalue weighted by Gasteiger charge is 2.11. The summed E-state index contributed by atoms with van der Waals surface area (Å²) < 4.78 is 5.33. The number of nitrogens with two attached hydrogens (primary N) is 1. The Morgan fingerprint density at radius 2 is 1.88 bits per heavy atom. The van der Waals surface area contributed by atoms with Crippen molar-refractivity contribution in [1.29, 1.82) is 0 Å². The maximum atomic E-state index is 5.41. The van der Waals surface area contributed by atoms with Gasteiger partial charge in [0, 0.05) is 24.8 Å². The Labute approximate surface area is 96.3 Å². The number of hydrogen-bond acceptors (Lipinski definition) is 4. The van der Waals surface area contributed by atoms with Crippen LogP contribution in [-0.2, 0) is 4.74 Å². The maximum absolute atomic E-state index is 5.41. The minimum atomic E-state index is 0.193. The minimum absolute atomic E-state index is 0.193. The summed E-state index contributed by atoms with van der Waals surface area (Å²) in [5.74, 6) is 5.41. The highest BCUT2D eigenvalue weighted by molar-refractivity contribution is 5.48. The van der Waals surface area contributed by atoms with Crippen LogP contribution in [0.5, 0.6) is 0 Å². The van der Waals surface area contributed by atoms with Crippen LogP contribution >= 0.6 is 0 Å². The molecule has 1 aromatic rings. The first-order valence-electron chi connectivity index (χ1n) is 5.70. The van der Waals surface area contributed by atoms with Gasteiger partial charge in [-0.05, 0) is 24.6 Å². The molecule has 88 valence electrons. The zero-order valence-corrected chi connectivity index (χ0v) is 9.65. The minimum Gasteiger partial charge on any atom is -0.378 e. The highest BCUT2D eigenvalue weighted by Crippen LogP contribution is 2.19. The molecule has 4 nitrogen and oxygen atoms in total. The molecule has 1 saturated heterocycles. The average Bonchev–Trinajstić information content (AvgIpc) is 2.39. The number of benzene rings is 1. The molecule has 1 aliphatic rings. The van der Waals surface area contributed by atoms with Crippen LogP contribution in [0, 0.1) is 0 Å². The summed E-state index contributed by atoms with van der Waals surface area (Å²) in [6.07, 6.45) is 0. The summed E-state index contributed by atoms with van der Waals surface area (Å²) in [5.41, 5.74) is 5.21. The van der Waals surface area contributed by atoms with Gasteiger partial charge >= 0.3 is 0 Å². The fraction of sp³-hybridized carbons (Fsp3) is 0.500. The van der Waals surface area contributed by atoms with Crippen LogP contribution in [0.1, 0.15) is 18.5 Å². The molecular formula is C12H19N3O. The Hall–Kier alpha value is -1.10. The van der Waals surface area contributed by atoms with Gasteiger partial charge in [-0.2, -0.15) is 0 Å². The van der Waals surface area contributed by atoms with Crippen molar-refractivity contribution in [1.82, 2.24) is 5.43 Å². The van der Waals surface area contributed by atoms with Gasteiger partial charge in [-0.15, -0.1) is 0 Å². The monoisotopic (exact) mass is 221 g/mol. The first-order valence-corrected chi connectivity index (χ1v) is 5.70. The van der Waals surface area contributed by atoms with Crippen molar-refractivity contribution in [3.8, 4) is 0 Å². The molecule has 0 aromatic heterocycles. The first-order chi connectivity index (χ1) is 7.81. The molecule has 3 N–H and O–H groups in total. The lowest BCUT2D eigenvalue weighted by atomic mass is 10.1. The lowest BCUT2D eigenvalue weighted by Crippen LogP contribution is -2.36. The van der Waals surface area contributed by atoms with E-state index in [2.05, 4.69) is 34.6 Å². The summed E-state index contributed by atoms with van der Waals surface area (Å²) >= 11 is 0. The van der Waals surface area contributed by atoms with Crippen LogP contribution < -0.4 is 16.2 Å². The smallest absolute Gasteiger partial charge is 0.0642 e. The third kappa shape index (κ3) is 2.52. The maximum Gasteiger partial charge on any atom is 0.0642 e. The molecule has 1 heterocycles. The Morgan fingerprint density at radius 1 is 1.25 bits per heavy atom. The lowest BCUT2D eigenvalue weighted by molar-refractivity contribution is 0.122. The standard InChI is InChI=1S/C12H19N3O/c1-10(14-13)11-2-4-12(5-3-11)15-6-8-16-9-7-15/h2-5,10,14H,6-9,13H2,1H3/t10-/m1/s1. The predicted octanol–water partition coefficient (Wildman–Crippen LogP) is 1.05. The van der Waals surface area contributed by atoms with E-state index < -0.39 is 0 Å².